The first kappa shape index (κ1) is 32.8. The van der Waals surface area contributed by atoms with E-state index in [0.29, 0.717) is 0 Å². The van der Waals surface area contributed by atoms with Crippen molar-refractivity contribution in [2.75, 3.05) is 4.90 Å². The van der Waals surface area contributed by atoms with Gasteiger partial charge in [-0.2, -0.15) is 0 Å². The van der Waals surface area contributed by atoms with Crippen molar-refractivity contribution < 1.29 is 4.42 Å². The van der Waals surface area contributed by atoms with Gasteiger partial charge in [-0.05, 0) is 94.5 Å². The molecule has 11 rings (SSSR count). The molecule has 11 aromatic rings. The molecule has 0 saturated carbocycles. The summed E-state index contributed by atoms with van der Waals surface area (Å²) in [6.45, 7) is 0. The van der Waals surface area contributed by atoms with Gasteiger partial charge in [-0.15, -0.1) is 0 Å². The Hall–Kier alpha value is -7.62. The second-order valence-corrected chi connectivity index (χ2v) is 14.5. The molecule has 0 atom stereocenters. The lowest BCUT2D eigenvalue weighted by Crippen LogP contribution is -2.10. The molecule has 0 saturated heterocycles. The average Bonchev–Trinajstić information content (AvgIpc) is 3.83. The SMILES string of the molecule is c1ccc(-c2ccc3c(c2)c2cc(-c4ccccc4)ccc2n3-c2ccccc2-c2ccc(N(c3ccccc3)c3cccc4c3oc3ccccc34)cc2)cc1. The van der Waals surface area contributed by atoms with Crippen LogP contribution in [0.5, 0.6) is 0 Å². The second kappa shape index (κ2) is 13.6. The Morgan fingerprint density at radius 1 is 0.351 bits per heavy atom. The molecule has 2 aromatic heterocycles. The summed E-state index contributed by atoms with van der Waals surface area (Å²) in [5.74, 6) is 0. The zero-order chi connectivity index (χ0) is 37.7. The standard InChI is InChI=1S/C54H36N2O/c1-4-15-37(16-5-1)40-29-33-50-47(35-40)48-36-41(38-17-6-2-7-18-38)30-34-51(48)56(50)49-24-12-10-21-44(49)39-27-31-43(32-28-39)55(42-19-8-3-9-20-42)52-25-14-23-46-45-22-11-13-26-53(45)57-54(46)52/h1-36H. The maximum atomic E-state index is 6.55. The molecule has 0 unspecified atom stereocenters. The first-order valence-electron chi connectivity index (χ1n) is 19.4. The van der Waals surface area contributed by atoms with E-state index in [1.165, 1.54) is 44.1 Å². The van der Waals surface area contributed by atoms with E-state index in [9.17, 15) is 0 Å². The van der Waals surface area contributed by atoms with Gasteiger partial charge in [0.15, 0.2) is 5.58 Å². The Labute approximate surface area is 330 Å². The Morgan fingerprint density at radius 3 is 1.54 bits per heavy atom. The van der Waals surface area contributed by atoms with E-state index in [4.69, 9.17) is 4.42 Å². The van der Waals surface area contributed by atoms with E-state index >= 15 is 0 Å². The van der Waals surface area contributed by atoms with Crippen molar-refractivity contribution in [1.29, 1.82) is 0 Å². The first-order chi connectivity index (χ1) is 28.3. The van der Waals surface area contributed by atoms with Crippen LogP contribution in [0.25, 0.3) is 82.8 Å². The molecule has 9 aromatic carbocycles. The molecule has 0 aliphatic carbocycles. The molecular weight excluding hydrogens is 693 g/mol. The number of hydrogen-bond acceptors (Lipinski definition) is 2. The van der Waals surface area contributed by atoms with Gasteiger partial charge in [-0.1, -0.05) is 152 Å². The number of para-hydroxylation sites is 4. The zero-order valence-corrected chi connectivity index (χ0v) is 31.1. The highest BCUT2D eigenvalue weighted by Crippen LogP contribution is 2.44. The minimum atomic E-state index is 0.870. The molecule has 2 heterocycles. The third-order valence-electron chi connectivity index (χ3n) is 11.2. The molecule has 0 N–H and O–H groups in total. The minimum Gasteiger partial charge on any atom is -0.454 e. The fourth-order valence-electron chi connectivity index (χ4n) is 8.52. The van der Waals surface area contributed by atoms with Crippen LogP contribution in [0, 0.1) is 0 Å². The second-order valence-electron chi connectivity index (χ2n) is 14.5. The van der Waals surface area contributed by atoms with E-state index in [1.807, 2.05) is 12.1 Å². The van der Waals surface area contributed by atoms with Gasteiger partial charge in [-0.25, -0.2) is 0 Å². The third kappa shape index (κ3) is 5.60. The molecule has 0 fully saturated rings. The van der Waals surface area contributed by atoms with Gasteiger partial charge in [0.2, 0.25) is 0 Å². The van der Waals surface area contributed by atoms with Crippen molar-refractivity contribution in [1.82, 2.24) is 4.57 Å². The molecule has 268 valence electrons. The van der Waals surface area contributed by atoms with Crippen molar-refractivity contribution in [2.45, 2.75) is 0 Å². The molecule has 0 bridgehead atoms. The van der Waals surface area contributed by atoms with E-state index in [0.717, 1.165) is 55.8 Å². The molecule has 0 amide bonds. The summed E-state index contributed by atoms with van der Waals surface area (Å²) >= 11 is 0. The molecule has 3 heteroatoms. The highest BCUT2D eigenvalue weighted by molar-refractivity contribution is 6.13. The van der Waals surface area contributed by atoms with Crippen LogP contribution in [0.3, 0.4) is 0 Å². The average molecular weight is 729 g/mol. The van der Waals surface area contributed by atoms with Gasteiger partial charge in [0.05, 0.1) is 22.4 Å². The number of rotatable bonds is 7. The van der Waals surface area contributed by atoms with Crippen LogP contribution in [0.1, 0.15) is 0 Å². The molecule has 0 spiro atoms. The summed E-state index contributed by atoms with van der Waals surface area (Å²) in [5.41, 5.74) is 15.5. The summed E-state index contributed by atoms with van der Waals surface area (Å²) in [7, 11) is 0. The topological polar surface area (TPSA) is 21.3 Å². The number of hydrogen-bond donors (Lipinski definition) is 0. The van der Waals surface area contributed by atoms with E-state index < -0.39 is 0 Å². The van der Waals surface area contributed by atoms with Crippen LogP contribution in [-0.4, -0.2) is 4.57 Å². The first-order valence-corrected chi connectivity index (χ1v) is 19.4. The van der Waals surface area contributed by atoms with Crippen LogP contribution >= 0.6 is 0 Å². The summed E-state index contributed by atoms with van der Waals surface area (Å²) in [6.07, 6.45) is 0. The van der Waals surface area contributed by atoms with E-state index in [-0.39, 0.29) is 0 Å². The molecule has 57 heavy (non-hydrogen) atoms. The smallest absolute Gasteiger partial charge is 0.159 e. The van der Waals surface area contributed by atoms with Gasteiger partial charge >= 0.3 is 0 Å². The molecule has 0 aliphatic heterocycles. The maximum absolute atomic E-state index is 6.55. The number of nitrogens with zero attached hydrogens (tertiary/aromatic N) is 2. The monoisotopic (exact) mass is 728 g/mol. The van der Waals surface area contributed by atoms with E-state index in [2.05, 4.69) is 216 Å². The maximum Gasteiger partial charge on any atom is 0.159 e. The Kier molecular flexibility index (Phi) is 7.82. The van der Waals surface area contributed by atoms with Gasteiger partial charge < -0.3 is 13.9 Å². The number of furan rings is 1. The predicted octanol–water partition coefficient (Wildman–Crippen LogP) is 15.2. The van der Waals surface area contributed by atoms with Crippen LogP contribution in [-0.2, 0) is 0 Å². The lowest BCUT2D eigenvalue weighted by molar-refractivity contribution is 0.669. The summed E-state index contributed by atoms with van der Waals surface area (Å²) in [4.78, 5) is 2.29. The van der Waals surface area contributed by atoms with Crippen LogP contribution in [0.2, 0.25) is 0 Å². The fourth-order valence-corrected chi connectivity index (χ4v) is 8.52. The Morgan fingerprint density at radius 2 is 0.877 bits per heavy atom. The Bertz CT molecular complexity index is 3120. The molecule has 0 radical (unpaired) electrons. The quantitative estimate of drug-likeness (QED) is 0.163. The number of benzene rings is 9. The van der Waals surface area contributed by atoms with Crippen molar-refractivity contribution in [2.24, 2.45) is 0 Å². The summed E-state index contributed by atoms with van der Waals surface area (Å²) < 4.78 is 8.99. The summed E-state index contributed by atoms with van der Waals surface area (Å²) in [5, 5.41) is 4.68. The van der Waals surface area contributed by atoms with Crippen molar-refractivity contribution in [3.05, 3.63) is 218 Å². The predicted molar refractivity (Wildman–Crippen MR) is 239 cm³/mol. The largest absolute Gasteiger partial charge is 0.454 e. The van der Waals surface area contributed by atoms with Gasteiger partial charge in [0.1, 0.15) is 5.58 Å². The minimum absolute atomic E-state index is 0.870. The van der Waals surface area contributed by atoms with Gasteiger partial charge in [-0.3, -0.25) is 0 Å². The van der Waals surface area contributed by atoms with Crippen molar-refractivity contribution >= 4 is 60.8 Å². The van der Waals surface area contributed by atoms with Crippen molar-refractivity contribution in [3.8, 4) is 39.1 Å². The zero-order valence-electron chi connectivity index (χ0n) is 31.1. The number of fused-ring (bicyclic) bond motifs is 6. The Balaban J connectivity index is 1.06. The van der Waals surface area contributed by atoms with Crippen LogP contribution in [0.15, 0.2) is 223 Å². The highest BCUT2D eigenvalue weighted by atomic mass is 16.3. The van der Waals surface area contributed by atoms with E-state index in [1.54, 1.807) is 0 Å². The summed E-state index contributed by atoms with van der Waals surface area (Å²) in [6, 6.07) is 78.1. The normalized spacial score (nSPS) is 11.5. The van der Waals surface area contributed by atoms with Gasteiger partial charge in [0, 0.05) is 38.5 Å². The van der Waals surface area contributed by atoms with Gasteiger partial charge in [0.25, 0.3) is 0 Å². The fraction of sp³-hybridized carbons (Fsp3) is 0. The number of aromatic nitrogens is 1. The molecule has 0 aliphatic rings. The van der Waals surface area contributed by atoms with Crippen LogP contribution in [0.4, 0.5) is 17.1 Å². The highest BCUT2D eigenvalue weighted by Gasteiger charge is 2.21. The molecule has 3 nitrogen and oxygen atoms in total. The van der Waals surface area contributed by atoms with Crippen LogP contribution < -0.4 is 4.90 Å². The lowest BCUT2D eigenvalue weighted by atomic mass is 10.0. The lowest BCUT2D eigenvalue weighted by Gasteiger charge is -2.25. The number of anilines is 3. The molecular formula is C54H36N2O. The third-order valence-corrected chi connectivity index (χ3v) is 11.2. The van der Waals surface area contributed by atoms with Crippen molar-refractivity contribution in [3.63, 3.8) is 0 Å².